The van der Waals surface area contributed by atoms with Crippen molar-refractivity contribution in [1.82, 2.24) is 4.90 Å². The molecule has 5 nitrogen and oxygen atoms in total. The predicted molar refractivity (Wildman–Crippen MR) is 88.6 cm³/mol. The van der Waals surface area contributed by atoms with Crippen molar-refractivity contribution in [3.63, 3.8) is 0 Å². The van der Waals surface area contributed by atoms with Crippen molar-refractivity contribution in [3.8, 4) is 5.75 Å². The molecule has 1 atom stereocenters. The Balaban J connectivity index is 1.75. The highest BCUT2D eigenvalue weighted by atomic mass is 16.5. The number of likely N-dealkylation sites (tertiary alicyclic amines) is 1. The number of hydrogen-bond acceptors (Lipinski definition) is 4. The Morgan fingerprint density at radius 3 is 2.30 bits per heavy atom. The van der Waals surface area contributed by atoms with Gasteiger partial charge in [0.15, 0.2) is 0 Å². The first kappa shape index (κ1) is 16.0. The van der Waals surface area contributed by atoms with Crippen molar-refractivity contribution in [2.45, 2.75) is 45.1 Å². The average Bonchev–Trinajstić information content (AvgIpc) is 2.74. The zero-order valence-corrected chi connectivity index (χ0v) is 13.7. The van der Waals surface area contributed by atoms with E-state index in [1.54, 1.807) is 24.3 Å². The Morgan fingerprint density at radius 1 is 1.04 bits per heavy atom. The maximum atomic E-state index is 12.8. The van der Waals surface area contributed by atoms with Crippen LogP contribution in [0.4, 0.5) is 5.69 Å². The normalized spacial score (nSPS) is 23.2. The summed E-state index contributed by atoms with van der Waals surface area (Å²) in [7, 11) is 0. The number of carbonyl (C=O) groups is 2. The van der Waals surface area contributed by atoms with E-state index in [4.69, 9.17) is 4.74 Å². The van der Waals surface area contributed by atoms with Crippen LogP contribution < -0.4 is 9.64 Å². The Bertz CT molecular complexity index is 562. The van der Waals surface area contributed by atoms with Gasteiger partial charge in [0.25, 0.3) is 5.91 Å². The van der Waals surface area contributed by atoms with Crippen LogP contribution >= 0.6 is 0 Å². The minimum absolute atomic E-state index is 0.0824. The number of anilines is 1. The number of nitrogens with zero attached hydrogens (tertiary/aromatic N) is 2. The second-order valence-electron chi connectivity index (χ2n) is 6.16. The number of benzene rings is 1. The summed E-state index contributed by atoms with van der Waals surface area (Å²) in [5.41, 5.74) is 0.640. The highest BCUT2D eigenvalue weighted by molar-refractivity contribution is 6.22. The zero-order chi connectivity index (χ0) is 16.2. The minimum atomic E-state index is -0.285. The van der Waals surface area contributed by atoms with Gasteiger partial charge in [-0.25, -0.2) is 4.90 Å². The van der Waals surface area contributed by atoms with Crippen molar-refractivity contribution in [1.29, 1.82) is 0 Å². The van der Waals surface area contributed by atoms with E-state index < -0.39 is 0 Å². The van der Waals surface area contributed by atoms with Gasteiger partial charge in [-0.15, -0.1) is 0 Å². The van der Waals surface area contributed by atoms with Gasteiger partial charge >= 0.3 is 0 Å². The van der Waals surface area contributed by atoms with Crippen LogP contribution in [0.3, 0.4) is 0 Å². The lowest BCUT2D eigenvalue weighted by atomic mass is 10.2. The lowest BCUT2D eigenvalue weighted by molar-refractivity contribution is -0.122. The highest BCUT2D eigenvalue weighted by Gasteiger charge is 2.42. The van der Waals surface area contributed by atoms with Crippen LogP contribution in [0, 0.1) is 0 Å². The lowest BCUT2D eigenvalue weighted by Crippen LogP contribution is -2.42. The Morgan fingerprint density at radius 2 is 1.70 bits per heavy atom. The monoisotopic (exact) mass is 316 g/mol. The number of ether oxygens (including phenoxy) is 1. The molecule has 0 bridgehead atoms. The molecule has 0 N–H and O–H groups in total. The highest BCUT2D eigenvalue weighted by Crippen LogP contribution is 2.28. The molecule has 0 unspecified atom stereocenters. The van der Waals surface area contributed by atoms with E-state index in [2.05, 4.69) is 4.90 Å². The second kappa shape index (κ2) is 7.13. The van der Waals surface area contributed by atoms with Gasteiger partial charge in [-0.05, 0) is 57.1 Å². The SMILES string of the molecule is CCOc1ccc(N2C(=O)C[C@H](N3CCCCCC3)C2=O)cc1. The fraction of sp³-hybridized carbons (Fsp3) is 0.556. The molecule has 0 spiro atoms. The second-order valence-corrected chi connectivity index (χ2v) is 6.16. The average molecular weight is 316 g/mol. The zero-order valence-electron chi connectivity index (χ0n) is 13.7. The molecule has 0 saturated carbocycles. The standard InChI is InChI=1S/C18H24N2O3/c1-2-23-15-9-7-14(8-10-15)20-17(21)13-16(18(20)22)19-11-5-3-4-6-12-19/h7-10,16H,2-6,11-13H2,1H3/t16-/m0/s1. The van der Waals surface area contributed by atoms with Gasteiger partial charge in [0.05, 0.1) is 24.8 Å². The van der Waals surface area contributed by atoms with Crippen molar-refractivity contribution in [2.24, 2.45) is 0 Å². The summed E-state index contributed by atoms with van der Waals surface area (Å²) < 4.78 is 5.41. The Labute approximate surface area is 137 Å². The van der Waals surface area contributed by atoms with Gasteiger partial charge in [-0.3, -0.25) is 14.5 Å². The van der Waals surface area contributed by atoms with E-state index in [1.807, 2.05) is 6.92 Å². The van der Waals surface area contributed by atoms with Crippen LogP contribution in [0.5, 0.6) is 5.75 Å². The number of amides is 2. The molecule has 0 aliphatic carbocycles. The van der Waals surface area contributed by atoms with Crippen LogP contribution in [0.2, 0.25) is 0 Å². The molecule has 2 fully saturated rings. The van der Waals surface area contributed by atoms with Crippen LogP contribution in [0.1, 0.15) is 39.0 Å². The van der Waals surface area contributed by atoms with Crippen molar-refractivity contribution >= 4 is 17.5 Å². The summed E-state index contributed by atoms with van der Waals surface area (Å²) in [6, 6.07) is 6.89. The van der Waals surface area contributed by atoms with Gasteiger partial charge in [0.1, 0.15) is 5.75 Å². The Hall–Kier alpha value is -1.88. The molecule has 2 aliphatic rings. The van der Waals surface area contributed by atoms with Crippen molar-refractivity contribution in [3.05, 3.63) is 24.3 Å². The summed E-state index contributed by atoms with van der Waals surface area (Å²) >= 11 is 0. The van der Waals surface area contributed by atoms with Gasteiger partial charge < -0.3 is 4.74 Å². The van der Waals surface area contributed by atoms with E-state index in [9.17, 15) is 9.59 Å². The maximum absolute atomic E-state index is 12.8. The fourth-order valence-electron chi connectivity index (χ4n) is 3.44. The van der Waals surface area contributed by atoms with Gasteiger partial charge in [0, 0.05) is 0 Å². The summed E-state index contributed by atoms with van der Waals surface area (Å²) in [6.07, 6.45) is 4.95. The molecule has 2 aliphatic heterocycles. The molecule has 2 heterocycles. The molecule has 2 saturated heterocycles. The molecule has 1 aromatic rings. The third-order valence-corrected chi connectivity index (χ3v) is 4.61. The molecule has 1 aromatic carbocycles. The topological polar surface area (TPSA) is 49.9 Å². The molecule has 0 radical (unpaired) electrons. The quantitative estimate of drug-likeness (QED) is 0.801. The van der Waals surface area contributed by atoms with Crippen LogP contribution in [-0.2, 0) is 9.59 Å². The molecule has 2 amide bonds. The maximum Gasteiger partial charge on any atom is 0.251 e. The largest absolute Gasteiger partial charge is 0.494 e. The molecule has 124 valence electrons. The van der Waals surface area contributed by atoms with Gasteiger partial charge in [-0.1, -0.05) is 12.8 Å². The minimum Gasteiger partial charge on any atom is -0.494 e. The Kier molecular flexibility index (Phi) is 4.96. The number of rotatable bonds is 4. The molecule has 5 heteroatoms. The van der Waals surface area contributed by atoms with Crippen molar-refractivity contribution < 1.29 is 14.3 Å². The van der Waals surface area contributed by atoms with Gasteiger partial charge in [-0.2, -0.15) is 0 Å². The lowest BCUT2D eigenvalue weighted by Gasteiger charge is -2.25. The van der Waals surface area contributed by atoms with E-state index >= 15 is 0 Å². The fourth-order valence-corrected chi connectivity index (χ4v) is 3.44. The summed E-state index contributed by atoms with van der Waals surface area (Å²) in [5, 5.41) is 0. The first-order valence-electron chi connectivity index (χ1n) is 8.54. The molecular formula is C18H24N2O3. The number of hydrogen-bond donors (Lipinski definition) is 0. The molecule has 3 rings (SSSR count). The molecule has 0 aromatic heterocycles. The molecule has 23 heavy (non-hydrogen) atoms. The number of carbonyl (C=O) groups excluding carboxylic acids is 2. The van der Waals surface area contributed by atoms with Crippen LogP contribution in [0.25, 0.3) is 0 Å². The summed E-state index contributed by atoms with van der Waals surface area (Å²) in [6.45, 7) is 4.35. The third-order valence-electron chi connectivity index (χ3n) is 4.61. The van der Waals surface area contributed by atoms with E-state index in [-0.39, 0.29) is 17.9 Å². The van der Waals surface area contributed by atoms with E-state index in [1.165, 1.54) is 17.7 Å². The first-order chi connectivity index (χ1) is 11.2. The summed E-state index contributed by atoms with van der Waals surface area (Å²) in [4.78, 5) is 28.7. The smallest absolute Gasteiger partial charge is 0.251 e. The molecular weight excluding hydrogens is 292 g/mol. The predicted octanol–water partition coefficient (Wildman–Crippen LogP) is 2.59. The first-order valence-corrected chi connectivity index (χ1v) is 8.54. The van der Waals surface area contributed by atoms with E-state index in [0.717, 1.165) is 31.7 Å². The third kappa shape index (κ3) is 3.39. The summed E-state index contributed by atoms with van der Waals surface area (Å²) in [5.74, 6) is 0.564. The number of imide groups is 1. The van der Waals surface area contributed by atoms with E-state index in [0.29, 0.717) is 18.7 Å². The van der Waals surface area contributed by atoms with Crippen LogP contribution in [0.15, 0.2) is 24.3 Å². The van der Waals surface area contributed by atoms with Crippen molar-refractivity contribution in [2.75, 3.05) is 24.6 Å². The van der Waals surface area contributed by atoms with Crippen LogP contribution in [-0.4, -0.2) is 42.5 Å². The van der Waals surface area contributed by atoms with Gasteiger partial charge in [0.2, 0.25) is 5.91 Å².